The van der Waals surface area contributed by atoms with Gasteiger partial charge >= 0.3 is 7.82 Å². The molecule has 0 spiro atoms. The van der Waals surface area contributed by atoms with Crippen molar-refractivity contribution < 1.29 is 23.6 Å². The Morgan fingerprint density at radius 3 is 1.71 bits per heavy atom. The maximum Gasteiger partial charge on any atom is 0.500 e. The molecule has 4 radical (unpaired) electrons. The minimum absolute atomic E-state index is 0. The van der Waals surface area contributed by atoms with Crippen LogP contribution in [0.1, 0.15) is 0 Å². The SMILES string of the molecule is O=P(O)(O)OF.[Ge]. The first kappa shape index (κ1) is 10.5. The first-order valence-electron chi connectivity index (χ1n) is 0.919. The molecule has 0 fully saturated rings. The molecule has 42 valence electrons. The van der Waals surface area contributed by atoms with Gasteiger partial charge < -0.3 is 9.79 Å². The van der Waals surface area contributed by atoms with Crippen molar-refractivity contribution in [2.45, 2.75) is 0 Å². The molecule has 0 heterocycles. The fraction of sp³-hybridized carbons (Fsp3) is 0. The monoisotopic (exact) mass is 190 g/mol. The number of halogens is 1. The van der Waals surface area contributed by atoms with Crippen LogP contribution in [0.2, 0.25) is 0 Å². The van der Waals surface area contributed by atoms with Crippen LogP contribution in [0.15, 0.2) is 0 Å². The molecule has 2 N–H and O–H groups in total. The zero-order valence-electron chi connectivity index (χ0n) is 3.04. The van der Waals surface area contributed by atoms with Gasteiger partial charge in [0.05, 0.1) is 0 Å². The summed E-state index contributed by atoms with van der Waals surface area (Å²) in [5.74, 6) is 0. The quantitative estimate of drug-likeness (QED) is 0.434. The van der Waals surface area contributed by atoms with Gasteiger partial charge in [0.25, 0.3) is 0 Å². The van der Waals surface area contributed by atoms with Crippen molar-refractivity contribution in [3.8, 4) is 0 Å². The normalized spacial score (nSPS) is 10.1. The van der Waals surface area contributed by atoms with E-state index in [2.05, 4.69) is 4.73 Å². The average Bonchev–Trinajstić information content (AvgIpc) is 1.35. The summed E-state index contributed by atoms with van der Waals surface area (Å²) in [6.07, 6.45) is 0. The summed E-state index contributed by atoms with van der Waals surface area (Å²) in [4.78, 5) is 14.7. The summed E-state index contributed by atoms with van der Waals surface area (Å²) in [7, 11) is -4.81. The van der Waals surface area contributed by atoms with E-state index in [9.17, 15) is 4.53 Å². The van der Waals surface area contributed by atoms with Gasteiger partial charge in [0, 0.05) is 17.6 Å². The first-order chi connectivity index (χ1) is 2.56. The Hall–Kier alpha value is 0.583. The molecule has 0 atom stereocenters. The summed E-state index contributed by atoms with van der Waals surface area (Å²) >= 11 is 0. The second-order valence-electron chi connectivity index (χ2n) is 0.560. The summed E-state index contributed by atoms with van der Waals surface area (Å²) < 4.78 is 21.4. The largest absolute Gasteiger partial charge is 0.500 e. The Morgan fingerprint density at radius 1 is 1.57 bits per heavy atom. The number of hydrogen-bond donors (Lipinski definition) is 2. The van der Waals surface area contributed by atoms with Gasteiger partial charge in [0.15, 0.2) is 0 Å². The minimum Gasteiger partial charge on any atom is -0.301 e. The van der Waals surface area contributed by atoms with Gasteiger partial charge in [-0.15, -0.1) is 0 Å². The van der Waals surface area contributed by atoms with Crippen molar-refractivity contribution in [3.63, 3.8) is 0 Å². The van der Waals surface area contributed by atoms with Gasteiger partial charge in [-0.3, -0.25) is 0 Å². The molecule has 0 unspecified atom stereocenters. The molecule has 0 saturated heterocycles. The van der Waals surface area contributed by atoms with Gasteiger partial charge in [-0.1, -0.05) is 4.73 Å². The van der Waals surface area contributed by atoms with Crippen molar-refractivity contribution >= 4 is 25.4 Å². The molecule has 7 heavy (non-hydrogen) atoms. The Labute approximate surface area is 49.8 Å². The van der Waals surface area contributed by atoms with E-state index in [0.29, 0.717) is 0 Å². The van der Waals surface area contributed by atoms with E-state index in [1.807, 2.05) is 0 Å². The molecule has 0 aliphatic carbocycles. The molecule has 0 amide bonds. The molecular formula is H2FGeO4P. The van der Waals surface area contributed by atoms with Gasteiger partial charge in [-0.2, -0.15) is 0 Å². The van der Waals surface area contributed by atoms with Crippen LogP contribution in [0.25, 0.3) is 0 Å². The van der Waals surface area contributed by atoms with E-state index in [0.717, 1.165) is 0 Å². The maximum atomic E-state index is 10.2. The molecular weight excluding hydrogens is 187 g/mol. The smallest absolute Gasteiger partial charge is 0.301 e. The number of rotatable bonds is 1. The Bertz CT molecular complexity index is 75.8. The van der Waals surface area contributed by atoms with Crippen LogP contribution in [-0.4, -0.2) is 27.4 Å². The molecule has 0 aliphatic heterocycles. The second-order valence-corrected chi connectivity index (χ2v) is 1.68. The van der Waals surface area contributed by atoms with E-state index >= 15 is 0 Å². The van der Waals surface area contributed by atoms with E-state index in [1.165, 1.54) is 0 Å². The van der Waals surface area contributed by atoms with Gasteiger partial charge in [0.2, 0.25) is 0 Å². The van der Waals surface area contributed by atoms with Crippen LogP contribution in [-0.2, 0) is 9.29 Å². The topological polar surface area (TPSA) is 66.8 Å². The van der Waals surface area contributed by atoms with Crippen molar-refractivity contribution in [2.75, 3.05) is 0 Å². The molecule has 0 aromatic rings. The summed E-state index contributed by atoms with van der Waals surface area (Å²) in [5.41, 5.74) is 0. The van der Waals surface area contributed by atoms with E-state index in [1.54, 1.807) is 0 Å². The van der Waals surface area contributed by atoms with Crippen LogP contribution in [0.5, 0.6) is 0 Å². The van der Waals surface area contributed by atoms with Gasteiger partial charge in [-0.25, -0.2) is 4.57 Å². The van der Waals surface area contributed by atoms with Gasteiger partial charge in [0.1, 0.15) is 0 Å². The fourth-order valence-electron chi connectivity index (χ4n) is 0. The maximum absolute atomic E-state index is 10.2. The van der Waals surface area contributed by atoms with Crippen LogP contribution in [0.3, 0.4) is 0 Å². The average molecular weight is 189 g/mol. The van der Waals surface area contributed by atoms with E-state index in [-0.39, 0.29) is 17.6 Å². The second kappa shape index (κ2) is 3.57. The molecule has 4 nitrogen and oxygen atoms in total. The molecule has 0 saturated carbocycles. The Kier molecular flexibility index (Phi) is 5.37. The molecule has 0 bridgehead atoms. The molecule has 0 aliphatic rings. The molecule has 0 aromatic heterocycles. The van der Waals surface area contributed by atoms with Crippen molar-refractivity contribution in [3.05, 3.63) is 0 Å². The Morgan fingerprint density at radius 2 is 1.71 bits per heavy atom. The van der Waals surface area contributed by atoms with Crippen molar-refractivity contribution in [1.82, 2.24) is 0 Å². The number of phosphoric acid groups is 1. The van der Waals surface area contributed by atoms with Crippen LogP contribution in [0.4, 0.5) is 4.53 Å². The predicted molar refractivity (Wildman–Crippen MR) is 20.0 cm³/mol. The predicted octanol–water partition coefficient (Wildman–Crippen LogP) is -0.401. The van der Waals surface area contributed by atoms with Crippen LogP contribution in [0, 0.1) is 0 Å². The minimum atomic E-state index is -4.81. The van der Waals surface area contributed by atoms with Crippen LogP contribution < -0.4 is 0 Å². The van der Waals surface area contributed by atoms with Crippen molar-refractivity contribution in [2.24, 2.45) is 0 Å². The first-order valence-corrected chi connectivity index (χ1v) is 2.45. The zero-order valence-corrected chi connectivity index (χ0v) is 6.03. The third kappa shape index (κ3) is 10.8. The fourth-order valence-corrected chi connectivity index (χ4v) is 0. The molecule has 7 heteroatoms. The molecule has 0 aromatic carbocycles. The summed E-state index contributed by atoms with van der Waals surface area (Å²) in [6.45, 7) is 0. The third-order valence-electron chi connectivity index (χ3n) is 0.0899. The van der Waals surface area contributed by atoms with Crippen LogP contribution >= 0.6 is 7.82 Å². The van der Waals surface area contributed by atoms with Crippen molar-refractivity contribution in [1.29, 1.82) is 0 Å². The standard InChI is InChI=1S/FH2O4P.Ge/c1-5-6(2,3)4;/h(H2,2,3,4);. The Balaban J connectivity index is 0. The van der Waals surface area contributed by atoms with Gasteiger partial charge in [-0.05, 0) is 4.53 Å². The third-order valence-corrected chi connectivity index (χ3v) is 0.270. The number of hydrogen-bond acceptors (Lipinski definition) is 2. The van der Waals surface area contributed by atoms with E-state index in [4.69, 9.17) is 14.4 Å². The molecule has 0 rings (SSSR count). The zero-order chi connectivity index (χ0) is 5.21. The summed E-state index contributed by atoms with van der Waals surface area (Å²) in [6, 6.07) is 0. The van der Waals surface area contributed by atoms with E-state index < -0.39 is 7.82 Å². The summed E-state index contributed by atoms with van der Waals surface area (Å²) in [5, 5.41) is 0.